The number of fused-ring (bicyclic) bond motifs is 9. The molecule has 2 nitrogen and oxygen atoms in total. The van der Waals surface area contributed by atoms with Crippen LogP contribution in [0.5, 0.6) is 0 Å². The molecule has 0 bridgehead atoms. The lowest BCUT2D eigenvalue weighted by atomic mass is 9.80. The topological polar surface area (TPSA) is 25.8 Å². The molecule has 8 aromatic carbocycles. The standard InChI is InChI=1S/C52H34N2S/c1-3-13-33(14-4-1)37-25-26-49-46(29-37)47-31-40(34-15-5-2-6-16-34)30-45(52(47)55-49)38-19-11-17-35(27-38)36-18-12-20-39(28-36)48-32-53-50-43-23-9-7-21-41(43)42-22-8-10-24-44(42)51(50)54-48/h1-29,31-32,45H,30H2. The summed E-state index contributed by atoms with van der Waals surface area (Å²) in [7, 11) is 0. The number of nitrogens with zero attached hydrogens (tertiary/aromatic N) is 2. The molecular weight excluding hydrogens is 685 g/mol. The summed E-state index contributed by atoms with van der Waals surface area (Å²) in [4.78, 5) is 11.8. The molecule has 0 aliphatic heterocycles. The van der Waals surface area contributed by atoms with Gasteiger partial charge in [0.2, 0.25) is 0 Å². The van der Waals surface area contributed by atoms with E-state index in [0.29, 0.717) is 0 Å². The maximum Gasteiger partial charge on any atom is 0.0979 e. The highest BCUT2D eigenvalue weighted by Crippen LogP contribution is 2.49. The number of rotatable bonds is 5. The van der Waals surface area contributed by atoms with Gasteiger partial charge in [-0.3, -0.25) is 4.98 Å². The van der Waals surface area contributed by atoms with E-state index in [9.17, 15) is 0 Å². The summed E-state index contributed by atoms with van der Waals surface area (Å²) >= 11 is 1.95. The molecule has 1 atom stereocenters. The van der Waals surface area contributed by atoms with Crippen molar-refractivity contribution in [3.8, 4) is 33.5 Å². The van der Waals surface area contributed by atoms with Crippen molar-refractivity contribution in [2.24, 2.45) is 0 Å². The van der Waals surface area contributed by atoms with Gasteiger partial charge in [0, 0.05) is 37.2 Å². The smallest absolute Gasteiger partial charge is 0.0979 e. The van der Waals surface area contributed by atoms with Gasteiger partial charge in [0.15, 0.2) is 0 Å². The van der Waals surface area contributed by atoms with Crippen LogP contribution in [0.1, 0.15) is 33.9 Å². The number of allylic oxidation sites excluding steroid dienone is 1. The van der Waals surface area contributed by atoms with E-state index in [4.69, 9.17) is 9.97 Å². The van der Waals surface area contributed by atoms with Crippen LogP contribution in [0.4, 0.5) is 0 Å². The van der Waals surface area contributed by atoms with Crippen molar-refractivity contribution in [1.82, 2.24) is 9.97 Å². The molecule has 0 saturated heterocycles. The predicted molar refractivity (Wildman–Crippen MR) is 233 cm³/mol. The largest absolute Gasteiger partial charge is 0.252 e. The Balaban J connectivity index is 1.01. The lowest BCUT2D eigenvalue weighted by molar-refractivity contribution is 0.853. The molecule has 3 heteroatoms. The monoisotopic (exact) mass is 718 g/mol. The third-order valence-corrected chi connectivity index (χ3v) is 12.6. The van der Waals surface area contributed by atoms with Crippen LogP contribution in [0, 0.1) is 0 Å². The minimum atomic E-state index is 0.241. The molecule has 1 aliphatic carbocycles. The minimum absolute atomic E-state index is 0.241. The van der Waals surface area contributed by atoms with Gasteiger partial charge in [-0.1, -0.05) is 158 Å². The Bertz CT molecular complexity index is 3090. The van der Waals surface area contributed by atoms with Crippen LogP contribution in [0.15, 0.2) is 182 Å². The predicted octanol–water partition coefficient (Wildman–Crippen LogP) is 14.2. The van der Waals surface area contributed by atoms with Crippen LogP contribution >= 0.6 is 11.3 Å². The van der Waals surface area contributed by atoms with Gasteiger partial charge in [-0.05, 0) is 86.0 Å². The maximum absolute atomic E-state index is 5.29. The highest BCUT2D eigenvalue weighted by atomic mass is 32.1. The molecule has 0 amide bonds. The zero-order chi connectivity index (χ0) is 36.3. The molecule has 10 aromatic rings. The van der Waals surface area contributed by atoms with Gasteiger partial charge in [-0.2, -0.15) is 0 Å². The van der Waals surface area contributed by atoms with Gasteiger partial charge in [0.25, 0.3) is 0 Å². The van der Waals surface area contributed by atoms with Gasteiger partial charge in [-0.25, -0.2) is 4.98 Å². The summed E-state index contributed by atoms with van der Waals surface area (Å²) in [6.07, 6.45) is 5.34. The number of thiophene rings is 1. The van der Waals surface area contributed by atoms with Crippen molar-refractivity contribution in [1.29, 1.82) is 0 Å². The maximum atomic E-state index is 5.29. The SMILES string of the molecule is C1=C(c2ccccc2)CC(c2cccc(-c3cccc(-c4cnc5c6ccccc6c6ccccc6c5n4)c3)c2)c2sc3ccc(-c4ccccc4)cc3c21. The molecule has 0 spiro atoms. The van der Waals surface area contributed by atoms with E-state index in [1.165, 1.54) is 70.3 Å². The highest BCUT2D eigenvalue weighted by Gasteiger charge is 2.28. The number of aromatic nitrogens is 2. The van der Waals surface area contributed by atoms with Crippen molar-refractivity contribution < 1.29 is 0 Å². The summed E-state index contributed by atoms with van der Waals surface area (Å²) in [6, 6.07) is 63.6. The van der Waals surface area contributed by atoms with Gasteiger partial charge in [-0.15, -0.1) is 11.3 Å². The minimum Gasteiger partial charge on any atom is -0.252 e. The fraction of sp³-hybridized carbons (Fsp3) is 0.0385. The molecule has 55 heavy (non-hydrogen) atoms. The average Bonchev–Trinajstić information content (AvgIpc) is 3.65. The zero-order valence-corrected chi connectivity index (χ0v) is 30.8. The van der Waals surface area contributed by atoms with E-state index in [0.717, 1.165) is 39.5 Å². The fourth-order valence-electron chi connectivity index (χ4n) is 8.58. The fourth-order valence-corrected chi connectivity index (χ4v) is 9.87. The molecule has 1 unspecified atom stereocenters. The zero-order valence-electron chi connectivity index (χ0n) is 30.0. The summed E-state index contributed by atoms with van der Waals surface area (Å²) in [5.74, 6) is 0.241. The Morgan fingerprint density at radius 3 is 1.82 bits per heavy atom. The molecule has 2 heterocycles. The third-order valence-electron chi connectivity index (χ3n) is 11.3. The average molecular weight is 719 g/mol. The molecule has 258 valence electrons. The lowest BCUT2D eigenvalue weighted by Gasteiger charge is -2.25. The van der Waals surface area contributed by atoms with Gasteiger partial charge >= 0.3 is 0 Å². The Morgan fingerprint density at radius 1 is 0.455 bits per heavy atom. The molecule has 11 rings (SSSR count). The van der Waals surface area contributed by atoms with E-state index < -0.39 is 0 Å². The molecule has 0 N–H and O–H groups in total. The van der Waals surface area contributed by atoms with Crippen LogP contribution in [0.3, 0.4) is 0 Å². The van der Waals surface area contributed by atoms with Crippen LogP contribution in [-0.4, -0.2) is 9.97 Å². The second kappa shape index (κ2) is 13.0. The molecular formula is C52H34N2S. The van der Waals surface area contributed by atoms with E-state index in [1.54, 1.807) is 0 Å². The Morgan fingerprint density at radius 2 is 1.05 bits per heavy atom. The van der Waals surface area contributed by atoms with Crippen molar-refractivity contribution in [2.75, 3.05) is 0 Å². The lowest BCUT2D eigenvalue weighted by Crippen LogP contribution is -2.06. The van der Waals surface area contributed by atoms with E-state index in [2.05, 4.69) is 182 Å². The van der Waals surface area contributed by atoms with Gasteiger partial charge < -0.3 is 0 Å². The van der Waals surface area contributed by atoms with Crippen molar-refractivity contribution in [3.05, 3.63) is 204 Å². The Hall–Kier alpha value is -6.68. The summed E-state index contributed by atoms with van der Waals surface area (Å²) in [5, 5.41) is 6.00. The summed E-state index contributed by atoms with van der Waals surface area (Å²) in [6.45, 7) is 0. The number of hydrogen-bond acceptors (Lipinski definition) is 3. The second-order valence-electron chi connectivity index (χ2n) is 14.5. The highest BCUT2D eigenvalue weighted by molar-refractivity contribution is 7.19. The molecule has 1 aliphatic rings. The van der Waals surface area contributed by atoms with Gasteiger partial charge in [0.1, 0.15) is 0 Å². The first-order valence-corrected chi connectivity index (χ1v) is 19.7. The number of hydrogen-bond donors (Lipinski definition) is 0. The first-order valence-electron chi connectivity index (χ1n) is 18.9. The quantitative estimate of drug-likeness (QED) is 0.166. The van der Waals surface area contributed by atoms with E-state index in [-0.39, 0.29) is 5.92 Å². The van der Waals surface area contributed by atoms with Crippen molar-refractivity contribution in [3.63, 3.8) is 0 Å². The normalized spacial score (nSPS) is 14.0. The van der Waals surface area contributed by atoms with E-state index >= 15 is 0 Å². The van der Waals surface area contributed by atoms with Crippen molar-refractivity contribution in [2.45, 2.75) is 12.3 Å². The van der Waals surface area contributed by atoms with E-state index in [1.807, 2.05) is 17.5 Å². The van der Waals surface area contributed by atoms with Gasteiger partial charge in [0.05, 0.1) is 22.9 Å². The molecule has 0 fully saturated rings. The number of benzene rings is 8. The molecule has 0 saturated carbocycles. The molecule has 2 aromatic heterocycles. The van der Waals surface area contributed by atoms with Crippen LogP contribution in [-0.2, 0) is 0 Å². The first-order chi connectivity index (χ1) is 27.2. The summed E-state index contributed by atoms with van der Waals surface area (Å²) < 4.78 is 1.33. The van der Waals surface area contributed by atoms with Crippen LogP contribution < -0.4 is 0 Å². The molecule has 0 radical (unpaired) electrons. The van der Waals surface area contributed by atoms with Crippen molar-refractivity contribution >= 4 is 65.7 Å². The third kappa shape index (κ3) is 5.47. The van der Waals surface area contributed by atoms with Crippen LogP contribution in [0.25, 0.3) is 87.8 Å². The Kier molecular flexibility index (Phi) is 7.53. The van der Waals surface area contributed by atoms with Crippen LogP contribution in [0.2, 0.25) is 0 Å². The summed E-state index contributed by atoms with van der Waals surface area (Å²) in [5.41, 5.74) is 14.0. The first kappa shape index (κ1) is 31.8. The Labute approximate surface area is 323 Å². The second-order valence-corrected chi connectivity index (χ2v) is 15.6.